The maximum atomic E-state index is 12.1. The SMILES string of the molecule is Cc1cc(C)n(Cc2ccc(C(=O)N/N=C/c3cccs3)cc2)n1. The Labute approximate surface area is 144 Å². The van der Waals surface area contributed by atoms with Crippen LogP contribution in [0.4, 0.5) is 0 Å². The van der Waals surface area contributed by atoms with Crippen molar-refractivity contribution < 1.29 is 4.79 Å². The standard InChI is InChI=1S/C18H18N4OS/c1-13-10-14(2)22(21-13)12-15-5-7-16(8-6-15)18(23)20-19-11-17-4-3-9-24-17/h3-11H,12H2,1-2H3,(H,20,23)/b19-11+. The largest absolute Gasteiger partial charge is 0.271 e. The molecule has 122 valence electrons. The average molecular weight is 338 g/mol. The van der Waals surface area contributed by atoms with Gasteiger partial charge in [0.1, 0.15) is 0 Å². The van der Waals surface area contributed by atoms with Crippen LogP contribution in [-0.2, 0) is 6.54 Å². The van der Waals surface area contributed by atoms with E-state index in [1.165, 1.54) is 0 Å². The fourth-order valence-corrected chi connectivity index (χ4v) is 2.94. The molecule has 6 heteroatoms. The third-order valence-electron chi connectivity index (χ3n) is 3.55. The second-order valence-corrected chi connectivity index (χ2v) is 6.48. The summed E-state index contributed by atoms with van der Waals surface area (Å²) in [6.07, 6.45) is 1.64. The highest BCUT2D eigenvalue weighted by atomic mass is 32.1. The number of benzene rings is 1. The van der Waals surface area contributed by atoms with Gasteiger partial charge in [-0.3, -0.25) is 9.48 Å². The van der Waals surface area contributed by atoms with E-state index in [9.17, 15) is 4.79 Å². The number of thiophene rings is 1. The Morgan fingerprint density at radius 3 is 2.71 bits per heavy atom. The van der Waals surface area contributed by atoms with Crippen LogP contribution in [0.2, 0.25) is 0 Å². The Morgan fingerprint density at radius 1 is 1.29 bits per heavy atom. The van der Waals surface area contributed by atoms with Crippen LogP contribution < -0.4 is 5.43 Å². The highest BCUT2D eigenvalue weighted by molar-refractivity contribution is 7.11. The first-order chi connectivity index (χ1) is 11.6. The molecule has 2 aromatic heterocycles. The van der Waals surface area contributed by atoms with Gasteiger partial charge in [0, 0.05) is 16.1 Å². The minimum atomic E-state index is -0.222. The molecular formula is C18H18N4OS. The Balaban J connectivity index is 1.61. The number of hydrogen-bond acceptors (Lipinski definition) is 4. The molecular weight excluding hydrogens is 320 g/mol. The number of rotatable bonds is 5. The van der Waals surface area contributed by atoms with Crippen molar-refractivity contribution in [2.24, 2.45) is 5.10 Å². The summed E-state index contributed by atoms with van der Waals surface area (Å²) in [6, 6.07) is 13.4. The molecule has 0 saturated carbocycles. The van der Waals surface area contributed by atoms with E-state index < -0.39 is 0 Å². The number of nitrogens with one attached hydrogen (secondary N) is 1. The van der Waals surface area contributed by atoms with Crippen LogP contribution in [0.1, 0.15) is 32.2 Å². The first-order valence-electron chi connectivity index (χ1n) is 7.59. The average Bonchev–Trinajstić information content (AvgIpc) is 3.18. The van der Waals surface area contributed by atoms with Crippen LogP contribution in [0.15, 0.2) is 52.9 Å². The predicted molar refractivity (Wildman–Crippen MR) is 96.6 cm³/mol. The van der Waals surface area contributed by atoms with Crippen LogP contribution in [-0.4, -0.2) is 21.9 Å². The van der Waals surface area contributed by atoms with Crippen molar-refractivity contribution in [3.63, 3.8) is 0 Å². The Kier molecular flexibility index (Phi) is 4.86. The summed E-state index contributed by atoms with van der Waals surface area (Å²) in [5.74, 6) is -0.222. The van der Waals surface area contributed by atoms with E-state index in [2.05, 4.69) is 15.6 Å². The zero-order chi connectivity index (χ0) is 16.9. The van der Waals surface area contributed by atoms with E-state index in [4.69, 9.17) is 0 Å². The number of amides is 1. The van der Waals surface area contributed by atoms with Gasteiger partial charge in [-0.25, -0.2) is 5.43 Å². The smallest absolute Gasteiger partial charge is 0.267 e. The molecule has 0 spiro atoms. The summed E-state index contributed by atoms with van der Waals surface area (Å²) in [4.78, 5) is 13.1. The second-order valence-electron chi connectivity index (χ2n) is 5.50. The van der Waals surface area contributed by atoms with Gasteiger partial charge in [0.2, 0.25) is 0 Å². The normalized spacial score (nSPS) is 11.1. The summed E-state index contributed by atoms with van der Waals surface area (Å²) < 4.78 is 1.95. The van der Waals surface area contributed by atoms with Gasteiger partial charge in [-0.15, -0.1) is 11.3 Å². The molecule has 3 aromatic rings. The number of carbonyl (C=O) groups excluding carboxylic acids is 1. The molecule has 0 atom stereocenters. The summed E-state index contributed by atoms with van der Waals surface area (Å²) in [6.45, 7) is 4.71. The number of nitrogens with zero attached hydrogens (tertiary/aromatic N) is 3. The molecule has 1 N–H and O–H groups in total. The van der Waals surface area contributed by atoms with Gasteiger partial charge in [0.15, 0.2) is 0 Å². The maximum Gasteiger partial charge on any atom is 0.271 e. The minimum Gasteiger partial charge on any atom is -0.267 e. The van der Waals surface area contributed by atoms with Crippen molar-refractivity contribution >= 4 is 23.5 Å². The van der Waals surface area contributed by atoms with Crippen molar-refractivity contribution in [2.45, 2.75) is 20.4 Å². The molecule has 0 unspecified atom stereocenters. The zero-order valence-electron chi connectivity index (χ0n) is 13.6. The van der Waals surface area contributed by atoms with Crippen molar-refractivity contribution in [2.75, 3.05) is 0 Å². The highest BCUT2D eigenvalue weighted by Crippen LogP contribution is 2.09. The lowest BCUT2D eigenvalue weighted by Crippen LogP contribution is -2.17. The molecule has 2 heterocycles. The first kappa shape index (κ1) is 16.1. The van der Waals surface area contributed by atoms with Gasteiger partial charge in [-0.05, 0) is 49.1 Å². The molecule has 3 rings (SSSR count). The van der Waals surface area contributed by atoms with E-state index in [1.54, 1.807) is 29.7 Å². The number of hydrogen-bond donors (Lipinski definition) is 1. The van der Waals surface area contributed by atoms with Crippen LogP contribution in [0.5, 0.6) is 0 Å². The van der Waals surface area contributed by atoms with Crippen LogP contribution in [0.3, 0.4) is 0 Å². The molecule has 0 aliphatic heterocycles. The molecule has 0 bridgehead atoms. The predicted octanol–water partition coefficient (Wildman–Crippen LogP) is 3.37. The summed E-state index contributed by atoms with van der Waals surface area (Å²) in [7, 11) is 0. The lowest BCUT2D eigenvalue weighted by molar-refractivity contribution is 0.0955. The fourth-order valence-electron chi connectivity index (χ4n) is 2.35. The monoisotopic (exact) mass is 338 g/mol. The van der Waals surface area contributed by atoms with Crippen LogP contribution >= 0.6 is 11.3 Å². The van der Waals surface area contributed by atoms with Gasteiger partial charge in [0.05, 0.1) is 18.5 Å². The quantitative estimate of drug-likeness (QED) is 0.573. The molecule has 0 radical (unpaired) electrons. The van der Waals surface area contributed by atoms with Gasteiger partial charge in [0.25, 0.3) is 5.91 Å². The van der Waals surface area contributed by atoms with Crippen molar-refractivity contribution in [3.05, 3.63) is 75.2 Å². The van der Waals surface area contributed by atoms with Crippen molar-refractivity contribution in [1.29, 1.82) is 0 Å². The Morgan fingerprint density at radius 2 is 2.08 bits per heavy atom. The van der Waals surface area contributed by atoms with Gasteiger partial charge >= 0.3 is 0 Å². The Bertz CT molecular complexity index is 848. The third kappa shape index (κ3) is 3.97. The summed E-state index contributed by atoms with van der Waals surface area (Å²) in [5, 5.41) is 10.4. The van der Waals surface area contributed by atoms with Gasteiger partial charge < -0.3 is 0 Å². The van der Waals surface area contributed by atoms with Crippen molar-refractivity contribution in [1.82, 2.24) is 15.2 Å². The molecule has 24 heavy (non-hydrogen) atoms. The summed E-state index contributed by atoms with van der Waals surface area (Å²) >= 11 is 1.57. The third-order valence-corrected chi connectivity index (χ3v) is 4.36. The van der Waals surface area contributed by atoms with Crippen LogP contribution in [0.25, 0.3) is 0 Å². The van der Waals surface area contributed by atoms with Crippen LogP contribution in [0, 0.1) is 13.8 Å². The molecule has 5 nitrogen and oxygen atoms in total. The van der Waals surface area contributed by atoms with Gasteiger partial charge in [-0.2, -0.15) is 10.2 Å². The highest BCUT2D eigenvalue weighted by Gasteiger charge is 2.06. The van der Waals surface area contributed by atoms with E-state index in [-0.39, 0.29) is 5.91 Å². The maximum absolute atomic E-state index is 12.1. The topological polar surface area (TPSA) is 59.3 Å². The van der Waals surface area contributed by atoms with Gasteiger partial charge in [-0.1, -0.05) is 18.2 Å². The molecule has 1 amide bonds. The number of aryl methyl sites for hydroxylation is 2. The minimum absolute atomic E-state index is 0.222. The van der Waals surface area contributed by atoms with E-state index in [0.717, 1.165) is 21.8 Å². The first-order valence-corrected chi connectivity index (χ1v) is 8.47. The molecule has 0 aliphatic carbocycles. The zero-order valence-corrected chi connectivity index (χ0v) is 14.4. The number of aromatic nitrogens is 2. The fraction of sp³-hybridized carbons (Fsp3) is 0.167. The lowest BCUT2D eigenvalue weighted by Gasteiger charge is -2.06. The number of hydrazone groups is 1. The van der Waals surface area contributed by atoms with E-state index in [0.29, 0.717) is 12.1 Å². The number of carbonyl (C=O) groups is 1. The molecule has 1 aromatic carbocycles. The molecule has 0 saturated heterocycles. The van der Waals surface area contributed by atoms with E-state index >= 15 is 0 Å². The molecule has 0 aliphatic rings. The summed E-state index contributed by atoms with van der Waals surface area (Å²) in [5.41, 5.74) is 6.34. The van der Waals surface area contributed by atoms with E-state index in [1.807, 2.05) is 54.2 Å². The second kappa shape index (κ2) is 7.23. The van der Waals surface area contributed by atoms with Crippen molar-refractivity contribution in [3.8, 4) is 0 Å². The molecule has 0 fully saturated rings. The lowest BCUT2D eigenvalue weighted by atomic mass is 10.1. The Hall–Kier alpha value is -2.73.